The molecular weight excluding hydrogens is 240 g/mol. The van der Waals surface area contributed by atoms with Crippen molar-refractivity contribution in [1.29, 1.82) is 0 Å². The van der Waals surface area contributed by atoms with Crippen molar-refractivity contribution in [2.45, 2.75) is 39.0 Å². The number of hydrogen-bond acceptors (Lipinski definition) is 3. The van der Waals surface area contributed by atoms with E-state index in [1.807, 2.05) is 25.1 Å². The maximum atomic E-state index is 12.3. The molecule has 0 radical (unpaired) electrons. The zero-order chi connectivity index (χ0) is 13.7. The van der Waals surface area contributed by atoms with Crippen LogP contribution in [-0.4, -0.2) is 19.7 Å². The minimum atomic E-state index is -0.317. The first-order chi connectivity index (χ1) is 9.20. The minimum Gasteiger partial charge on any atom is -0.497 e. The van der Waals surface area contributed by atoms with Crippen molar-refractivity contribution in [3.63, 3.8) is 0 Å². The summed E-state index contributed by atoms with van der Waals surface area (Å²) in [4.78, 5) is 12.3. The second kappa shape index (κ2) is 6.09. The average Bonchev–Trinajstić information content (AvgIpc) is 2.89. The molecule has 104 valence electrons. The van der Waals surface area contributed by atoms with Crippen molar-refractivity contribution < 1.29 is 14.3 Å². The van der Waals surface area contributed by atoms with Crippen LogP contribution in [0.1, 0.15) is 38.2 Å². The lowest BCUT2D eigenvalue weighted by Crippen LogP contribution is -2.32. The molecule has 19 heavy (non-hydrogen) atoms. The van der Waals surface area contributed by atoms with Gasteiger partial charge in [0, 0.05) is 0 Å². The lowest BCUT2D eigenvalue weighted by molar-refractivity contribution is -0.155. The van der Waals surface area contributed by atoms with Gasteiger partial charge in [0.1, 0.15) is 5.75 Å². The number of hydrogen-bond donors (Lipinski definition) is 0. The van der Waals surface area contributed by atoms with Crippen LogP contribution in [0, 0.1) is 5.41 Å². The molecule has 0 saturated heterocycles. The van der Waals surface area contributed by atoms with Gasteiger partial charge < -0.3 is 9.47 Å². The van der Waals surface area contributed by atoms with Crippen LogP contribution in [0.5, 0.6) is 5.75 Å². The summed E-state index contributed by atoms with van der Waals surface area (Å²) in [7, 11) is 1.66. The van der Waals surface area contributed by atoms with Gasteiger partial charge in [-0.1, -0.05) is 25.0 Å². The summed E-state index contributed by atoms with van der Waals surface area (Å²) in [6, 6.07) is 7.97. The molecule has 1 aliphatic rings. The van der Waals surface area contributed by atoms with E-state index in [1.165, 1.54) is 0 Å². The summed E-state index contributed by atoms with van der Waals surface area (Å²) in [5.41, 5.74) is 0.830. The van der Waals surface area contributed by atoms with Gasteiger partial charge in [-0.05, 0) is 43.9 Å². The number of benzene rings is 1. The highest BCUT2D eigenvalue weighted by Gasteiger charge is 2.42. The summed E-state index contributed by atoms with van der Waals surface area (Å²) >= 11 is 0. The summed E-state index contributed by atoms with van der Waals surface area (Å²) in [6.45, 7) is 2.32. The number of rotatable bonds is 5. The highest BCUT2D eigenvalue weighted by molar-refractivity contribution is 5.77. The lowest BCUT2D eigenvalue weighted by Gasteiger charge is -2.26. The zero-order valence-electron chi connectivity index (χ0n) is 11.8. The third kappa shape index (κ3) is 3.09. The average molecular weight is 262 g/mol. The Morgan fingerprint density at radius 1 is 1.32 bits per heavy atom. The Balaban J connectivity index is 2.18. The van der Waals surface area contributed by atoms with Gasteiger partial charge in [0.05, 0.1) is 19.1 Å². The molecule has 1 aromatic rings. The van der Waals surface area contributed by atoms with E-state index in [2.05, 4.69) is 6.07 Å². The van der Waals surface area contributed by atoms with Crippen LogP contribution < -0.4 is 4.74 Å². The molecule has 0 unspecified atom stereocenters. The molecule has 0 N–H and O–H groups in total. The van der Waals surface area contributed by atoms with Crippen LogP contribution in [0.25, 0.3) is 0 Å². The van der Waals surface area contributed by atoms with Crippen molar-refractivity contribution in [1.82, 2.24) is 0 Å². The molecule has 1 fully saturated rings. The molecule has 0 amide bonds. The van der Waals surface area contributed by atoms with Gasteiger partial charge in [0.2, 0.25) is 0 Å². The van der Waals surface area contributed by atoms with E-state index in [-0.39, 0.29) is 11.4 Å². The summed E-state index contributed by atoms with van der Waals surface area (Å²) in [6.07, 6.45) is 4.85. The van der Waals surface area contributed by atoms with E-state index in [0.717, 1.165) is 43.4 Å². The fourth-order valence-corrected chi connectivity index (χ4v) is 2.96. The van der Waals surface area contributed by atoms with Gasteiger partial charge in [-0.25, -0.2) is 0 Å². The van der Waals surface area contributed by atoms with E-state index in [0.29, 0.717) is 6.61 Å². The second-order valence-corrected chi connectivity index (χ2v) is 5.24. The van der Waals surface area contributed by atoms with Gasteiger partial charge >= 0.3 is 5.97 Å². The van der Waals surface area contributed by atoms with E-state index in [1.54, 1.807) is 7.11 Å². The first kappa shape index (κ1) is 13.9. The fraction of sp³-hybridized carbons (Fsp3) is 0.562. The van der Waals surface area contributed by atoms with E-state index in [9.17, 15) is 4.79 Å². The molecule has 0 aliphatic heterocycles. The molecule has 1 aromatic carbocycles. The summed E-state index contributed by atoms with van der Waals surface area (Å²) < 4.78 is 10.5. The third-order valence-electron chi connectivity index (χ3n) is 3.95. The van der Waals surface area contributed by atoms with Crippen molar-refractivity contribution in [3.05, 3.63) is 29.8 Å². The zero-order valence-corrected chi connectivity index (χ0v) is 11.8. The third-order valence-corrected chi connectivity index (χ3v) is 3.95. The molecule has 0 heterocycles. The maximum Gasteiger partial charge on any atom is 0.312 e. The molecule has 3 nitrogen and oxygen atoms in total. The normalized spacial score (nSPS) is 17.2. The molecule has 1 aliphatic carbocycles. The largest absolute Gasteiger partial charge is 0.497 e. The van der Waals surface area contributed by atoms with E-state index in [4.69, 9.17) is 9.47 Å². The first-order valence-electron chi connectivity index (χ1n) is 7.00. The molecule has 3 heteroatoms. The van der Waals surface area contributed by atoms with Crippen molar-refractivity contribution in [3.8, 4) is 5.75 Å². The van der Waals surface area contributed by atoms with E-state index >= 15 is 0 Å². The number of methoxy groups -OCH3 is 1. The molecular formula is C16H22O3. The van der Waals surface area contributed by atoms with Gasteiger partial charge in [0.25, 0.3) is 0 Å². The number of carbonyl (C=O) groups excluding carboxylic acids is 1. The number of carbonyl (C=O) groups is 1. The predicted octanol–water partition coefficient (Wildman–Crippen LogP) is 3.36. The van der Waals surface area contributed by atoms with Crippen LogP contribution in [0.4, 0.5) is 0 Å². The van der Waals surface area contributed by atoms with Crippen molar-refractivity contribution in [2.24, 2.45) is 5.41 Å². The van der Waals surface area contributed by atoms with Crippen molar-refractivity contribution in [2.75, 3.05) is 13.7 Å². The molecule has 1 saturated carbocycles. The molecule has 0 aromatic heterocycles. The van der Waals surface area contributed by atoms with Crippen molar-refractivity contribution >= 4 is 5.97 Å². The quantitative estimate of drug-likeness (QED) is 0.763. The van der Waals surface area contributed by atoms with Gasteiger partial charge in [-0.3, -0.25) is 4.79 Å². The van der Waals surface area contributed by atoms with Crippen LogP contribution >= 0.6 is 0 Å². The predicted molar refractivity (Wildman–Crippen MR) is 74.2 cm³/mol. The van der Waals surface area contributed by atoms with Gasteiger partial charge in [-0.2, -0.15) is 0 Å². The van der Waals surface area contributed by atoms with E-state index < -0.39 is 0 Å². The molecule has 0 bridgehead atoms. The van der Waals surface area contributed by atoms with Crippen LogP contribution in [-0.2, 0) is 16.0 Å². The van der Waals surface area contributed by atoms with Crippen LogP contribution in [0.2, 0.25) is 0 Å². The Hall–Kier alpha value is -1.51. The Kier molecular flexibility index (Phi) is 4.46. The second-order valence-electron chi connectivity index (χ2n) is 5.24. The lowest BCUT2D eigenvalue weighted by atomic mass is 9.80. The standard InChI is InChI=1S/C16H22O3/c1-3-19-15(17)16(9-4-5-10-16)12-13-7-6-8-14(11-13)18-2/h6-8,11H,3-5,9-10,12H2,1-2H3. The highest BCUT2D eigenvalue weighted by Crippen LogP contribution is 2.42. The monoisotopic (exact) mass is 262 g/mol. The fourth-order valence-electron chi connectivity index (χ4n) is 2.96. The van der Waals surface area contributed by atoms with Crippen LogP contribution in [0.15, 0.2) is 24.3 Å². The topological polar surface area (TPSA) is 35.5 Å². The molecule has 0 atom stereocenters. The summed E-state index contributed by atoms with van der Waals surface area (Å²) in [5, 5.41) is 0. The maximum absolute atomic E-state index is 12.3. The van der Waals surface area contributed by atoms with Gasteiger partial charge in [-0.15, -0.1) is 0 Å². The minimum absolute atomic E-state index is 0.0321. The number of esters is 1. The van der Waals surface area contributed by atoms with Crippen LogP contribution in [0.3, 0.4) is 0 Å². The first-order valence-corrected chi connectivity index (χ1v) is 7.00. The highest BCUT2D eigenvalue weighted by atomic mass is 16.5. The SMILES string of the molecule is CCOC(=O)C1(Cc2cccc(OC)c2)CCCC1. The Morgan fingerprint density at radius 2 is 2.05 bits per heavy atom. The Labute approximate surface area is 114 Å². The van der Waals surface area contributed by atoms with Gasteiger partial charge in [0.15, 0.2) is 0 Å². The number of ether oxygens (including phenoxy) is 2. The molecule has 0 spiro atoms. The summed E-state index contributed by atoms with van der Waals surface area (Å²) in [5.74, 6) is 0.810. The smallest absolute Gasteiger partial charge is 0.312 e. The Bertz CT molecular complexity index is 433. The molecule has 2 rings (SSSR count). The Morgan fingerprint density at radius 3 is 2.68 bits per heavy atom.